The van der Waals surface area contributed by atoms with Gasteiger partial charge < -0.3 is 10.2 Å². The lowest BCUT2D eigenvalue weighted by atomic mass is 10.2. The fourth-order valence-electron chi connectivity index (χ4n) is 2.99. The number of benzene rings is 2. The first-order chi connectivity index (χ1) is 12.6. The van der Waals surface area contributed by atoms with E-state index in [2.05, 4.69) is 10.3 Å². The van der Waals surface area contributed by atoms with Gasteiger partial charge in [-0.05, 0) is 36.8 Å². The number of para-hydroxylation sites is 1. The molecule has 6 nitrogen and oxygen atoms in total. The Hall–Kier alpha value is -2.93. The molecular formula is C19H18N4O2S. The minimum absolute atomic E-state index is 0.0249. The summed E-state index contributed by atoms with van der Waals surface area (Å²) in [7, 11) is 0. The Labute approximate surface area is 155 Å². The Morgan fingerprint density at radius 2 is 2.00 bits per heavy atom. The van der Waals surface area contributed by atoms with Crippen molar-refractivity contribution in [3.8, 4) is 0 Å². The van der Waals surface area contributed by atoms with E-state index in [-0.39, 0.29) is 18.5 Å². The van der Waals surface area contributed by atoms with E-state index in [4.69, 9.17) is 0 Å². The molecule has 132 valence electrons. The summed E-state index contributed by atoms with van der Waals surface area (Å²) in [6.07, 6.45) is 0. The largest absolute Gasteiger partial charge is 0.325 e. The van der Waals surface area contributed by atoms with E-state index >= 15 is 0 Å². The van der Waals surface area contributed by atoms with E-state index in [1.807, 2.05) is 55.5 Å². The monoisotopic (exact) mass is 366 g/mol. The Kier molecular flexibility index (Phi) is 4.30. The standard InChI is InChI=1S/C19H18N4O2S/c1-13-7-8-15-16(11-13)26-18(20-15)21-17(24)12-22-9-10-23(19(22)25)14-5-3-2-4-6-14/h2-8,11H,9-10,12H2,1H3,(H,20,21,24). The molecular weight excluding hydrogens is 348 g/mol. The predicted octanol–water partition coefficient (Wildman–Crippen LogP) is 3.49. The SMILES string of the molecule is Cc1ccc2nc(NC(=O)CN3CCN(c4ccccc4)C3=O)sc2c1. The molecule has 0 unspecified atom stereocenters. The minimum atomic E-state index is -0.232. The van der Waals surface area contributed by atoms with Crippen LogP contribution in [0, 0.1) is 6.92 Å². The van der Waals surface area contributed by atoms with Gasteiger partial charge in [-0.1, -0.05) is 35.6 Å². The molecule has 4 rings (SSSR count). The van der Waals surface area contributed by atoms with Crippen LogP contribution in [0.15, 0.2) is 48.5 Å². The van der Waals surface area contributed by atoms with Gasteiger partial charge in [0.25, 0.3) is 0 Å². The van der Waals surface area contributed by atoms with Crippen LogP contribution < -0.4 is 10.2 Å². The van der Waals surface area contributed by atoms with E-state index < -0.39 is 0 Å². The van der Waals surface area contributed by atoms with Crippen molar-refractivity contribution in [2.75, 3.05) is 29.9 Å². The number of urea groups is 1. The molecule has 1 fully saturated rings. The van der Waals surface area contributed by atoms with Crippen LogP contribution in [0.25, 0.3) is 10.2 Å². The van der Waals surface area contributed by atoms with Gasteiger partial charge in [-0.3, -0.25) is 9.69 Å². The first-order valence-corrected chi connectivity index (χ1v) is 9.20. The lowest BCUT2D eigenvalue weighted by Gasteiger charge is -2.18. The molecule has 7 heteroatoms. The zero-order valence-electron chi connectivity index (χ0n) is 14.3. The highest BCUT2D eigenvalue weighted by Gasteiger charge is 2.30. The van der Waals surface area contributed by atoms with E-state index in [0.717, 1.165) is 21.5 Å². The molecule has 1 aliphatic rings. The summed E-state index contributed by atoms with van der Waals surface area (Å²) in [6.45, 7) is 3.16. The van der Waals surface area contributed by atoms with Crippen molar-refractivity contribution in [2.45, 2.75) is 6.92 Å². The second-order valence-electron chi connectivity index (χ2n) is 6.23. The predicted molar refractivity (Wildman–Crippen MR) is 104 cm³/mol. The topological polar surface area (TPSA) is 65.5 Å². The number of nitrogens with zero attached hydrogens (tertiary/aromatic N) is 3. The van der Waals surface area contributed by atoms with Gasteiger partial charge in [0, 0.05) is 18.8 Å². The molecule has 3 aromatic rings. The number of hydrogen-bond acceptors (Lipinski definition) is 4. The second kappa shape index (κ2) is 6.76. The van der Waals surface area contributed by atoms with Gasteiger partial charge in [0.15, 0.2) is 5.13 Å². The Balaban J connectivity index is 1.41. The molecule has 0 atom stereocenters. The maximum Gasteiger partial charge on any atom is 0.325 e. The summed E-state index contributed by atoms with van der Waals surface area (Å²) < 4.78 is 1.04. The molecule has 0 aliphatic carbocycles. The minimum Gasteiger partial charge on any atom is -0.313 e. The van der Waals surface area contributed by atoms with Crippen molar-refractivity contribution in [3.63, 3.8) is 0 Å². The van der Waals surface area contributed by atoms with Crippen molar-refractivity contribution < 1.29 is 9.59 Å². The second-order valence-corrected chi connectivity index (χ2v) is 7.26. The summed E-state index contributed by atoms with van der Waals surface area (Å²) in [5.41, 5.74) is 2.87. The Morgan fingerprint density at radius 1 is 1.19 bits per heavy atom. The number of rotatable bonds is 4. The highest BCUT2D eigenvalue weighted by molar-refractivity contribution is 7.22. The van der Waals surface area contributed by atoms with Crippen LogP contribution in [0.1, 0.15) is 5.56 Å². The third kappa shape index (κ3) is 3.25. The molecule has 3 amide bonds. The molecule has 0 spiro atoms. The van der Waals surface area contributed by atoms with Gasteiger partial charge in [-0.2, -0.15) is 0 Å². The molecule has 0 radical (unpaired) electrons. The number of anilines is 2. The summed E-state index contributed by atoms with van der Waals surface area (Å²) in [5.74, 6) is -0.232. The number of carbonyl (C=O) groups is 2. The maximum absolute atomic E-state index is 12.5. The molecule has 1 aliphatic heterocycles. The highest BCUT2D eigenvalue weighted by atomic mass is 32.1. The number of hydrogen-bond donors (Lipinski definition) is 1. The van der Waals surface area contributed by atoms with Gasteiger partial charge in [0.2, 0.25) is 5.91 Å². The lowest BCUT2D eigenvalue weighted by Crippen LogP contribution is -2.37. The fraction of sp³-hybridized carbons (Fsp3) is 0.211. The number of amides is 3. The van der Waals surface area contributed by atoms with Crippen LogP contribution in [0.5, 0.6) is 0 Å². The van der Waals surface area contributed by atoms with Crippen LogP contribution in [0.4, 0.5) is 15.6 Å². The van der Waals surface area contributed by atoms with Crippen molar-refractivity contribution in [1.29, 1.82) is 0 Å². The highest BCUT2D eigenvalue weighted by Crippen LogP contribution is 2.26. The van der Waals surface area contributed by atoms with Crippen molar-refractivity contribution in [2.24, 2.45) is 0 Å². The Morgan fingerprint density at radius 3 is 2.81 bits per heavy atom. The van der Waals surface area contributed by atoms with Crippen molar-refractivity contribution in [3.05, 3.63) is 54.1 Å². The van der Waals surface area contributed by atoms with Crippen molar-refractivity contribution >= 4 is 44.3 Å². The van der Waals surface area contributed by atoms with Crippen LogP contribution in [-0.4, -0.2) is 41.5 Å². The van der Waals surface area contributed by atoms with E-state index in [1.54, 1.807) is 9.80 Å². The third-order valence-electron chi connectivity index (χ3n) is 4.29. The van der Waals surface area contributed by atoms with E-state index in [9.17, 15) is 9.59 Å². The quantitative estimate of drug-likeness (QED) is 0.769. The van der Waals surface area contributed by atoms with Gasteiger partial charge in [0.1, 0.15) is 6.54 Å². The number of fused-ring (bicyclic) bond motifs is 1. The normalized spacial score (nSPS) is 14.3. The summed E-state index contributed by atoms with van der Waals surface area (Å²) >= 11 is 1.44. The average Bonchev–Trinajstić information content (AvgIpc) is 3.18. The van der Waals surface area contributed by atoms with Crippen LogP contribution in [0.2, 0.25) is 0 Å². The summed E-state index contributed by atoms with van der Waals surface area (Å²) in [4.78, 5) is 32.5. The first kappa shape index (κ1) is 16.5. The third-order valence-corrected chi connectivity index (χ3v) is 5.22. The Bertz CT molecular complexity index is 970. The molecule has 2 aromatic carbocycles. The smallest absolute Gasteiger partial charge is 0.313 e. The molecule has 26 heavy (non-hydrogen) atoms. The molecule has 1 saturated heterocycles. The van der Waals surface area contributed by atoms with Crippen molar-refractivity contribution in [1.82, 2.24) is 9.88 Å². The van der Waals surface area contributed by atoms with Gasteiger partial charge in [-0.25, -0.2) is 9.78 Å². The number of aryl methyl sites for hydroxylation is 1. The zero-order valence-corrected chi connectivity index (χ0v) is 15.1. The maximum atomic E-state index is 12.5. The molecule has 0 saturated carbocycles. The van der Waals surface area contributed by atoms with Crippen LogP contribution >= 0.6 is 11.3 Å². The summed E-state index contributed by atoms with van der Waals surface area (Å²) in [6, 6.07) is 15.3. The van der Waals surface area contributed by atoms with E-state index in [1.165, 1.54) is 11.3 Å². The van der Waals surface area contributed by atoms with Gasteiger partial charge in [-0.15, -0.1) is 0 Å². The molecule has 0 bridgehead atoms. The first-order valence-electron chi connectivity index (χ1n) is 8.39. The van der Waals surface area contributed by atoms with Crippen LogP contribution in [-0.2, 0) is 4.79 Å². The van der Waals surface area contributed by atoms with Gasteiger partial charge >= 0.3 is 6.03 Å². The molecule has 2 heterocycles. The fourth-order valence-corrected chi connectivity index (χ4v) is 3.97. The number of carbonyl (C=O) groups excluding carboxylic acids is 2. The average molecular weight is 366 g/mol. The zero-order chi connectivity index (χ0) is 18.1. The van der Waals surface area contributed by atoms with Gasteiger partial charge in [0.05, 0.1) is 10.2 Å². The number of thiazole rings is 1. The van der Waals surface area contributed by atoms with E-state index in [0.29, 0.717) is 18.2 Å². The lowest BCUT2D eigenvalue weighted by molar-refractivity contribution is -0.116. The molecule has 1 aromatic heterocycles. The molecule has 1 N–H and O–H groups in total. The number of nitrogens with one attached hydrogen (secondary N) is 1. The summed E-state index contributed by atoms with van der Waals surface area (Å²) in [5, 5.41) is 3.37. The number of aromatic nitrogens is 1. The van der Waals surface area contributed by atoms with Crippen LogP contribution in [0.3, 0.4) is 0 Å².